The number of likely N-dealkylation sites (N-methyl/N-ethyl adjacent to an activating group) is 1. The number of carbonyl (C=O) groups is 2. The van der Waals surface area contributed by atoms with Crippen LogP contribution in [0, 0.1) is 13.8 Å². The molecule has 1 heterocycles. The second-order valence-corrected chi connectivity index (χ2v) is 14.2. The number of carbonyl (C=O) groups excluding carboxylic acids is 2. The summed E-state index contributed by atoms with van der Waals surface area (Å²) >= 11 is 0. The Kier molecular flexibility index (Phi) is 16.0. The van der Waals surface area contributed by atoms with Crippen molar-refractivity contribution < 1.29 is 31.1 Å². The van der Waals surface area contributed by atoms with Crippen LogP contribution in [0.25, 0.3) is 0 Å². The molecule has 1 N–H and O–H groups in total. The Hall–Kier alpha value is -2.02. The minimum Gasteiger partial charge on any atom is -1.00 e. The van der Waals surface area contributed by atoms with Crippen LogP contribution in [0.4, 0.5) is 5.69 Å². The zero-order valence-electron chi connectivity index (χ0n) is 29.8. The number of aryl methyl sites for hydroxylation is 2. The molecule has 1 fully saturated rings. The van der Waals surface area contributed by atoms with E-state index in [9.17, 15) is 9.59 Å². The predicted octanol–water partition coefficient (Wildman–Crippen LogP) is 5.57. The third-order valence-corrected chi connectivity index (χ3v) is 10.2. The molecule has 0 bridgehead atoms. The van der Waals surface area contributed by atoms with Gasteiger partial charge in [-0.1, -0.05) is 71.0 Å². The van der Waals surface area contributed by atoms with Crippen molar-refractivity contribution in [3.05, 3.63) is 64.2 Å². The number of quaternary nitrogens is 1. The topological polar surface area (TPSA) is 49.4 Å². The number of Topliss-reactive ketones (excluding diaryl/α,β-unsaturated/α-hetero) is 1. The quantitative estimate of drug-likeness (QED) is 0.186. The van der Waals surface area contributed by atoms with Crippen molar-refractivity contribution in [2.45, 2.75) is 131 Å². The van der Waals surface area contributed by atoms with Gasteiger partial charge in [-0.15, -0.1) is 0 Å². The molecule has 2 aromatic rings. The lowest BCUT2D eigenvalue weighted by Crippen LogP contribution is -3.00. The zero-order valence-corrected chi connectivity index (χ0v) is 31.4. The summed E-state index contributed by atoms with van der Waals surface area (Å²) in [4.78, 5) is 29.8. The van der Waals surface area contributed by atoms with Crippen LogP contribution < -0.4 is 22.3 Å². The molecule has 5 nitrogen and oxygen atoms in total. The van der Waals surface area contributed by atoms with Crippen LogP contribution in [0.5, 0.6) is 0 Å². The van der Waals surface area contributed by atoms with Crippen molar-refractivity contribution in [3.8, 4) is 0 Å². The number of anilines is 1. The highest BCUT2D eigenvalue weighted by Crippen LogP contribution is 2.30. The molecule has 1 saturated heterocycles. The molecule has 3 atom stereocenters. The van der Waals surface area contributed by atoms with E-state index < -0.39 is 0 Å². The van der Waals surface area contributed by atoms with Gasteiger partial charge in [-0.25, -0.2) is 0 Å². The number of hydrogen-bond donors (Lipinski definition) is 1. The number of halogens is 1. The van der Waals surface area contributed by atoms with E-state index in [0.29, 0.717) is 36.6 Å². The molecule has 1 amide bonds. The molecule has 6 heteroatoms. The SMILES string of the molecule is CCC[N+](CC)(CCCCN1C(C)CCCC1C(=O)Nc1c(C)cccc1C(C)C)CC(=O)Cc1c(C)cccc1C(C)C.[Br-]. The Morgan fingerprint density at radius 3 is 2.18 bits per heavy atom. The maximum absolute atomic E-state index is 13.7. The van der Waals surface area contributed by atoms with E-state index in [1.807, 2.05) is 0 Å². The number of unbranched alkanes of at least 4 members (excludes halogenated alkanes) is 1. The van der Waals surface area contributed by atoms with E-state index in [4.69, 9.17) is 0 Å². The third-order valence-electron chi connectivity index (χ3n) is 10.2. The van der Waals surface area contributed by atoms with Gasteiger partial charge in [0.2, 0.25) is 5.91 Å². The van der Waals surface area contributed by atoms with Crippen LogP contribution in [-0.4, -0.2) is 65.9 Å². The van der Waals surface area contributed by atoms with Gasteiger partial charge in [0.25, 0.3) is 0 Å². The van der Waals surface area contributed by atoms with Crippen molar-refractivity contribution in [2.24, 2.45) is 0 Å². The summed E-state index contributed by atoms with van der Waals surface area (Å²) in [5.41, 5.74) is 7.09. The first-order valence-electron chi connectivity index (χ1n) is 17.5. The molecule has 1 aliphatic heterocycles. The standard InChI is InChI=1S/C39H61N3O2.BrH/c1-10-24-42(11-2,27-33(43)26-36-30(7)17-14-20-34(36)28(3)4)25-13-12-23-41-32(9)19-16-22-37(41)39(44)40-38-31(8)18-15-21-35(38)29(5)6;/h14-15,17-18,20-21,28-29,32,37H,10-13,16,19,22-27H2,1-9H3;1H. The molecule has 0 aromatic heterocycles. The Balaban J connectivity index is 0.00000705. The summed E-state index contributed by atoms with van der Waals surface area (Å²) in [7, 11) is 0. The number of rotatable bonds is 16. The number of nitrogens with zero attached hydrogens (tertiary/aromatic N) is 2. The maximum Gasteiger partial charge on any atom is 0.241 e. The van der Waals surface area contributed by atoms with Crippen molar-refractivity contribution in [1.29, 1.82) is 0 Å². The fourth-order valence-corrected chi connectivity index (χ4v) is 7.50. The highest BCUT2D eigenvalue weighted by atomic mass is 79.9. The summed E-state index contributed by atoms with van der Waals surface area (Å²) < 4.78 is 0.864. The van der Waals surface area contributed by atoms with Gasteiger partial charge < -0.3 is 26.8 Å². The minimum atomic E-state index is -0.0923. The number of ketones is 1. The molecule has 0 saturated carbocycles. The molecule has 3 rings (SSSR count). The lowest BCUT2D eigenvalue weighted by Gasteiger charge is -2.41. The highest BCUT2D eigenvalue weighted by Gasteiger charge is 2.34. The zero-order chi connectivity index (χ0) is 32.4. The second kappa shape index (κ2) is 18.4. The molecule has 0 radical (unpaired) electrons. The summed E-state index contributed by atoms with van der Waals surface area (Å²) in [6.45, 7) is 24.4. The molecule has 252 valence electrons. The van der Waals surface area contributed by atoms with Crippen LogP contribution >= 0.6 is 0 Å². The van der Waals surface area contributed by atoms with Crippen molar-refractivity contribution >= 4 is 17.4 Å². The number of piperidine rings is 1. The number of likely N-dealkylation sites (tertiary alicyclic amines) is 1. The smallest absolute Gasteiger partial charge is 0.241 e. The van der Waals surface area contributed by atoms with E-state index >= 15 is 0 Å². The van der Waals surface area contributed by atoms with Gasteiger partial charge in [0.1, 0.15) is 6.54 Å². The lowest BCUT2D eigenvalue weighted by molar-refractivity contribution is -0.919. The van der Waals surface area contributed by atoms with Crippen LogP contribution in [0.2, 0.25) is 0 Å². The van der Waals surface area contributed by atoms with Gasteiger partial charge in [0.15, 0.2) is 5.78 Å². The number of benzene rings is 2. The van der Waals surface area contributed by atoms with Crippen LogP contribution in [0.15, 0.2) is 36.4 Å². The van der Waals surface area contributed by atoms with Crippen LogP contribution in [0.3, 0.4) is 0 Å². The third kappa shape index (κ3) is 10.5. The monoisotopic (exact) mass is 683 g/mol. The first kappa shape index (κ1) is 39.2. The average Bonchev–Trinajstić information content (AvgIpc) is 2.97. The number of para-hydroxylation sites is 1. The summed E-state index contributed by atoms with van der Waals surface area (Å²) in [5.74, 6) is 1.26. The molecular formula is C39H62BrN3O2. The van der Waals surface area contributed by atoms with E-state index in [-0.39, 0.29) is 28.9 Å². The first-order valence-corrected chi connectivity index (χ1v) is 17.5. The Bertz CT molecular complexity index is 1240. The molecule has 0 spiro atoms. The molecule has 2 aromatic carbocycles. The van der Waals surface area contributed by atoms with Crippen LogP contribution in [0.1, 0.15) is 127 Å². The van der Waals surface area contributed by atoms with E-state index in [2.05, 4.69) is 109 Å². The van der Waals surface area contributed by atoms with Gasteiger partial charge in [0, 0.05) is 18.2 Å². The molecular weight excluding hydrogens is 622 g/mol. The average molecular weight is 685 g/mol. The summed E-state index contributed by atoms with van der Waals surface area (Å²) in [6.07, 6.45) is 6.86. The fourth-order valence-electron chi connectivity index (χ4n) is 7.50. The first-order chi connectivity index (χ1) is 20.9. The molecule has 0 aliphatic carbocycles. The Morgan fingerprint density at radius 2 is 1.56 bits per heavy atom. The highest BCUT2D eigenvalue weighted by molar-refractivity contribution is 5.96. The van der Waals surface area contributed by atoms with Crippen molar-refractivity contribution in [1.82, 2.24) is 4.90 Å². The fraction of sp³-hybridized carbons (Fsp3) is 0.641. The van der Waals surface area contributed by atoms with Crippen molar-refractivity contribution in [2.75, 3.05) is 38.0 Å². The van der Waals surface area contributed by atoms with E-state index in [1.54, 1.807) is 0 Å². The minimum absolute atomic E-state index is 0. The van der Waals surface area contributed by atoms with E-state index in [1.165, 1.54) is 22.3 Å². The van der Waals surface area contributed by atoms with Gasteiger partial charge in [-0.2, -0.15) is 0 Å². The van der Waals surface area contributed by atoms with Gasteiger partial charge >= 0.3 is 0 Å². The van der Waals surface area contributed by atoms with Crippen LogP contribution in [-0.2, 0) is 16.0 Å². The predicted molar refractivity (Wildman–Crippen MR) is 187 cm³/mol. The van der Waals surface area contributed by atoms with Crippen molar-refractivity contribution in [3.63, 3.8) is 0 Å². The maximum atomic E-state index is 13.7. The molecule has 3 unspecified atom stereocenters. The van der Waals surface area contributed by atoms with Gasteiger partial charge in [-0.05, 0) is 112 Å². The normalized spacial score (nSPS) is 18.5. The summed E-state index contributed by atoms with van der Waals surface area (Å²) in [5, 5.41) is 3.36. The number of nitrogens with one attached hydrogen (secondary N) is 1. The summed E-state index contributed by atoms with van der Waals surface area (Å²) in [6, 6.07) is 13.1. The van der Waals surface area contributed by atoms with Gasteiger partial charge in [-0.3, -0.25) is 14.5 Å². The van der Waals surface area contributed by atoms with E-state index in [0.717, 1.165) is 80.4 Å². The largest absolute Gasteiger partial charge is 1.00 e. The number of amides is 1. The van der Waals surface area contributed by atoms with Gasteiger partial charge in [0.05, 0.1) is 25.7 Å². The Morgan fingerprint density at radius 1 is 0.911 bits per heavy atom. The second-order valence-electron chi connectivity index (χ2n) is 14.2. The molecule has 1 aliphatic rings. The number of hydrogen-bond acceptors (Lipinski definition) is 3. The Labute approximate surface area is 285 Å². The molecule has 45 heavy (non-hydrogen) atoms. The lowest BCUT2D eigenvalue weighted by atomic mass is 9.90.